The van der Waals surface area contributed by atoms with E-state index >= 15 is 0 Å². The Bertz CT molecular complexity index is 479. The lowest BCUT2D eigenvalue weighted by atomic mass is 10.2. The number of ether oxygens (including phenoxy) is 2. The summed E-state index contributed by atoms with van der Waals surface area (Å²) in [5.41, 5.74) is 0.689. The van der Waals surface area contributed by atoms with Crippen LogP contribution in [0.4, 0.5) is 5.69 Å². The average Bonchev–Trinajstić information content (AvgIpc) is 2.50. The maximum absolute atomic E-state index is 11.9. The van der Waals surface area contributed by atoms with Crippen LogP contribution in [0.3, 0.4) is 0 Å². The highest BCUT2D eigenvalue weighted by Gasteiger charge is 2.13. The van der Waals surface area contributed by atoms with Crippen LogP contribution in [0.2, 0.25) is 0 Å². The zero-order valence-electron chi connectivity index (χ0n) is 12.2. The summed E-state index contributed by atoms with van der Waals surface area (Å²) in [6.45, 7) is 3.48. The minimum atomic E-state index is -0.109. The molecule has 0 saturated heterocycles. The minimum Gasteiger partial charge on any atom is -0.486 e. The second-order valence-corrected chi connectivity index (χ2v) is 5.05. The van der Waals surface area contributed by atoms with Crippen molar-refractivity contribution in [1.29, 1.82) is 0 Å². The van der Waals surface area contributed by atoms with E-state index in [1.165, 1.54) is 0 Å². The third-order valence-corrected chi connectivity index (χ3v) is 3.23. The first-order valence-electron chi connectivity index (χ1n) is 7.23. The number of benzene rings is 1. The number of hydrogen-bond donors (Lipinski definition) is 3. The second kappa shape index (κ2) is 7.85. The van der Waals surface area contributed by atoms with Crippen LogP contribution in [-0.4, -0.2) is 43.4 Å². The molecular weight excluding hydrogens is 272 g/mol. The largest absolute Gasteiger partial charge is 0.486 e. The molecule has 0 bridgehead atoms. The fourth-order valence-electron chi connectivity index (χ4n) is 2.09. The third kappa shape index (κ3) is 4.91. The van der Waals surface area contributed by atoms with Crippen molar-refractivity contribution in [1.82, 2.24) is 5.32 Å². The Kier molecular flexibility index (Phi) is 5.83. The van der Waals surface area contributed by atoms with Gasteiger partial charge in [-0.05, 0) is 31.9 Å². The van der Waals surface area contributed by atoms with Crippen LogP contribution in [-0.2, 0) is 4.79 Å². The van der Waals surface area contributed by atoms with E-state index in [9.17, 15) is 4.79 Å². The quantitative estimate of drug-likeness (QED) is 0.703. The summed E-state index contributed by atoms with van der Waals surface area (Å²) in [6, 6.07) is 5.55. The lowest BCUT2D eigenvalue weighted by Gasteiger charge is -2.19. The van der Waals surface area contributed by atoms with Gasteiger partial charge >= 0.3 is 0 Å². The Morgan fingerprint density at radius 2 is 2.10 bits per heavy atom. The molecule has 1 unspecified atom stereocenters. The minimum absolute atomic E-state index is 0.109. The predicted molar refractivity (Wildman–Crippen MR) is 79.8 cm³/mol. The van der Waals surface area contributed by atoms with E-state index in [0.29, 0.717) is 30.4 Å². The zero-order valence-corrected chi connectivity index (χ0v) is 12.2. The van der Waals surface area contributed by atoms with E-state index in [1.807, 2.05) is 6.92 Å². The van der Waals surface area contributed by atoms with E-state index in [1.54, 1.807) is 18.2 Å². The molecule has 2 rings (SSSR count). The van der Waals surface area contributed by atoms with Crippen molar-refractivity contribution >= 4 is 11.6 Å². The van der Waals surface area contributed by atoms with E-state index in [4.69, 9.17) is 14.6 Å². The fourth-order valence-corrected chi connectivity index (χ4v) is 2.09. The molecule has 1 atom stereocenters. The van der Waals surface area contributed by atoms with Crippen molar-refractivity contribution in [2.24, 2.45) is 0 Å². The molecule has 1 aliphatic heterocycles. The first-order valence-corrected chi connectivity index (χ1v) is 7.23. The number of hydrogen-bond acceptors (Lipinski definition) is 5. The van der Waals surface area contributed by atoms with Crippen molar-refractivity contribution in [3.8, 4) is 11.5 Å². The highest BCUT2D eigenvalue weighted by Crippen LogP contribution is 2.32. The van der Waals surface area contributed by atoms with Crippen LogP contribution >= 0.6 is 0 Å². The van der Waals surface area contributed by atoms with Gasteiger partial charge in [0.25, 0.3) is 0 Å². The van der Waals surface area contributed by atoms with Gasteiger partial charge in [0.05, 0.1) is 6.54 Å². The Labute approximate surface area is 124 Å². The van der Waals surface area contributed by atoms with Crippen LogP contribution in [0, 0.1) is 0 Å². The van der Waals surface area contributed by atoms with Crippen LogP contribution in [0.25, 0.3) is 0 Å². The van der Waals surface area contributed by atoms with E-state index in [0.717, 1.165) is 12.8 Å². The van der Waals surface area contributed by atoms with Gasteiger partial charge in [0.15, 0.2) is 11.5 Å². The molecule has 21 heavy (non-hydrogen) atoms. The molecule has 0 spiro atoms. The normalized spacial score (nSPS) is 14.6. The fraction of sp³-hybridized carbons (Fsp3) is 0.533. The number of rotatable bonds is 7. The maximum Gasteiger partial charge on any atom is 0.238 e. The van der Waals surface area contributed by atoms with E-state index in [-0.39, 0.29) is 25.1 Å². The summed E-state index contributed by atoms with van der Waals surface area (Å²) in [5, 5.41) is 14.7. The average molecular weight is 294 g/mol. The highest BCUT2D eigenvalue weighted by molar-refractivity contribution is 5.92. The van der Waals surface area contributed by atoms with Crippen molar-refractivity contribution in [3.63, 3.8) is 0 Å². The van der Waals surface area contributed by atoms with Gasteiger partial charge in [-0.15, -0.1) is 0 Å². The summed E-state index contributed by atoms with van der Waals surface area (Å²) in [5.74, 6) is 1.25. The standard InChI is InChI=1S/C15H22N2O4/c1-11(3-2-6-18)16-10-15(19)17-12-4-5-13-14(9-12)21-8-7-20-13/h4-5,9,11,16,18H,2-3,6-8,10H2,1H3,(H,17,19). The number of fused-ring (bicyclic) bond motifs is 1. The van der Waals surface area contributed by atoms with Crippen LogP contribution < -0.4 is 20.1 Å². The molecule has 0 aliphatic carbocycles. The number of aliphatic hydroxyl groups is 1. The van der Waals surface area contributed by atoms with Crippen molar-refractivity contribution in [2.45, 2.75) is 25.8 Å². The monoisotopic (exact) mass is 294 g/mol. The number of anilines is 1. The summed E-state index contributed by atoms with van der Waals surface area (Å²) >= 11 is 0. The molecule has 1 amide bonds. The third-order valence-electron chi connectivity index (χ3n) is 3.23. The SMILES string of the molecule is CC(CCCO)NCC(=O)Nc1ccc2c(c1)OCCO2. The zero-order chi connectivity index (χ0) is 15.1. The highest BCUT2D eigenvalue weighted by atomic mass is 16.6. The molecule has 1 aromatic carbocycles. The molecule has 6 heteroatoms. The number of nitrogens with one attached hydrogen (secondary N) is 2. The molecule has 1 heterocycles. The molecule has 0 saturated carbocycles. The number of carbonyl (C=O) groups excluding carboxylic acids is 1. The van der Waals surface area contributed by atoms with E-state index < -0.39 is 0 Å². The van der Waals surface area contributed by atoms with Gasteiger partial charge in [-0.25, -0.2) is 0 Å². The van der Waals surface area contributed by atoms with Crippen molar-refractivity contribution in [2.75, 3.05) is 31.7 Å². The molecule has 1 aliphatic rings. The predicted octanol–water partition coefficient (Wildman–Crippen LogP) is 1.15. The van der Waals surface area contributed by atoms with Crippen molar-refractivity contribution < 1.29 is 19.4 Å². The van der Waals surface area contributed by atoms with Crippen LogP contribution in [0.15, 0.2) is 18.2 Å². The van der Waals surface area contributed by atoms with Gasteiger partial charge in [0.2, 0.25) is 5.91 Å². The Balaban J connectivity index is 1.80. The lowest BCUT2D eigenvalue weighted by molar-refractivity contribution is -0.115. The van der Waals surface area contributed by atoms with Crippen LogP contribution in [0.1, 0.15) is 19.8 Å². The smallest absolute Gasteiger partial charge is 0.238 e. The molecular formula is C15H22N2O4. The molecule has 116 valence electrons. The Morgan fingerprint density at radius 1 is 1.33 bits per heavy atom. The molecule has 0 radical (unpaired) electrons. The molecule has 0 fully saturated rings. The van der Waals surface area contributed by atoms with E-state index in [2.05, 4.69) is 10.6 Å². The number of aliphatic hydroxyl groups excluding tert-OH is 1. The molecule has 1 aromatic rings. The Hall–Kier alpha value is -1.79. The van der Waals surface area contributed by atoms with Gasteiger partial charge in [-0.2, -0.15) is 0 Å². The summed E-state index contributed by atoms with van der Waals surface area (Å²) in [4.78, 5) is 11.9. The maximum atomic E-state index is 11.9. The first-order chi connectivity index (χ1) is 10.2. The summed E-state index contributed by atoms with van der Waals surface area (Å²) < 4.78 is 10.9. The number of amides is 1. The Morgan fingerprint density at radius 3 is 2.86 bits per heavy atom. The second-order valence-electron chi connectivity index (χ2n) is 5.05. The van der Waals surface area contributed by atoms with Gasteiger partial charge in [-0.1, -0.05) is 0 Å². The number of carbonyl (C=O) groups is 1. The molecule has 6 nitrogen and oxygen atoms in total. The summed E-state index contributed by atoms with van der Waals surface area (Å²) in [6.07, 6.45) is 1.58. The van der Waals surface area contributed by atoms with Gasteiger partial charge in [0.1, 0.15) is 13.2 Å². The van der Waals surface area contributed by atoms with Gasteiger partial charge in [-0.3, -0.25) is 4.79 Å². The molecule has 3 N–H and O–H groups in total. The molecule has 0 aromatic heterocycles. The summed E-state index contributed by atoms with van der Waals surface area (Å²) in [7, 11) is 0. The van der Waals surface area contributed by atoms with Crippen LogP contribution in [0.5, 0.6) is 11.5 Å². The van der Waals surface area contributed by atoms with Gasteiger partial charge < -0.3 is 25.2 Å². The van der Waals surface area contributed by atoms with Gasteiger partial charge in [0, 0.05) is 24.4 Å². The van der Waals surface area contributed by atoms with Crippen molar-refractivity contribution in [3.05, 3.63) is 18.2 Å². The lowest BCUT2D eigenvalue weighted by Crippen LogP contribution is -2.34. The topological polar surface area (TPSA) is 79.8 Å². The first kappa shape index (κ1) is 15.6.